The zero-order valence-electron chi connectivity index (χ0n) is 8.56. The van der Waals surface area contributed by atoms with Crippen LogP contribution in [-0.2, 0) is 14.3 Å². The van der Waals surface area contributed by atoms with Gasteiger partial charge in [0.15, 0.2) is 5.78 Å². The first kappa shape index (κ1) is 11.9. The fraction of sp³-hybridized carbons (Fsp3) is 0.300. The molecule has 82 valence electrons. The highest BCUT2D eigenvalue weighted by atomic mass is 32.2. The SMILES string of the molecule is COS(=O)(=O)CC(=O)c1ccc(C)cc1. The highest BCUT2D eigenvalue weighted by molar-refractivity contribution is 7.87. The molecule has 0 radical (unpaired) electrons. The molecule has 0 bridgehead atoms. The van der Waals surface area contributed by atoms with Crippen molar-refractivity contribution in [3.8, 4) is 0 Å². The fourth-order valence-electron chi connectivity index (χ4n) is 1.04. The second kappa shape index (κ2) is 4.55. The summed E-state index contributed by atoms with van der Waals surface area (Å²) in [6.45, 7) is 1.89. The van der Waals surface area contributed by atoms with Gasteiger partial charge in [-0.15, -0.1) is 0 Å². The van der Waals surface area contributed by atoms with Crippen LogP contribution in [0.3, 0.4) is 0 Å². The van der Waals surface area contributed by atoms with Crippen LogP contribution in [0.15, 0.2) is 24.3 Å². The third-order valence-corrected chi connectivity index (χ3v) is 3.06. The Bertz CT molecular complexity index is 445. The highest BCUT2D eigenvalue weighted by Crippen LogP contribution is 2.06. The second-order valence-electron chi connectivity index (χ2n) is 3.16. The average molecular weight is 228 g/mol. The fourth-order valence-corrected chi connectivity index (χ4v) is 1.65. The van der Waals surface area contributed by atoms with Gasteiger partial charge in [0, 0.05) is 5.56 Å². The summed E-state index contributed by atoms with van der Waals surface area (Å²) in [5.74, 6) is -1.08. The summed E-state index contributed by atoms with van der Waals surface area (Å²) < 4.78 is 26.2. The van der Waals surface area contributed by atoms with Crippen LogP contribution in [0.25, 0.3) is 0 Å². The zero-order valence-corrected chi connectivity index (χ0v) is 9.37. The summed E-state index contributed by atoms with van der Waals surface area (Å²) in [5, 5.41) is 0. The third kappa shape index (κ3) is 3.45. The first-order valence-electron chi connectivity index (χ1n) is 4.33. The van der Waals surface area contributed by atoms with E-state index in [0.29, 0.717) is 5.56 Å². The molecular formula is C10H12O4S. The molecule has 4 nitrogen and oxygen atoms in total. The lowest BCUT2D eigenvalue weighted by molar-refractivity contribution is 0.101. The molecule has 0 atom stereocenters. The van der Waals surface area contributed by atoms with Gasteiger partial charge in [-0.1, -0.05) is 29.8 Å². The topological polar surface area (TPSA) is 60.4 Å². The summed E-state index contributed by atoms with van der Waals surface area (Å²) in [6.07, 6.45) is 0. The van der Waals surface area contributed by atoms with Crippen LogP contribution < -0.4 is 0 Å². The van der Waals surface area contributed by atoms with E-state index in [9.17, 15) is 13.2 Å². The molecule has 0 aliphatic carbocycles. The molecule has 0 saturated carbocycles. The van der Waals surface area contributed by atoms with Gasteiger partial charge in [-0.3, -0.25) is 8.98 Å². The maximum absolute atomic E-state index is 11.5. The van der Waals surface area contributed by atoms with E-state index in [2.05, 4.69) is 4.18 Å². The molecule has 0 aromatic heterocycles. The molecule has 0 saturated heterocycles. The van der Waals surface area contributed by atoms with Crippen molar-refractivity contribution in [1.29, 1.82) is 0 Å². The van der Waals surface area contributed by atoms with E-state index in [-0.39, 0.29) is 0 Å². The molecule has 0 fully saturated rings. The maximum Gasteiger partial charge on any atom is 0.274 e. The number of hydrogen-bond acceptors (Lipinski definition) is 4. The number of benzene rings is 1. The van der Waals surface area contributed by atoms with Crippen LogP contribution in [0.4, 0.5) is 0 Å². The number of ketones is 1. The number of aryl methyl sites for hydroxylation is 1. The van der Waals surface area contributed by atoms with E-state index >= 15 is 0 Å². The van der Waals surface area contributed by atoms with Gasteiger partial charge >= 0.3 is 0 Å². The quantitative estimate of drug-likeness (QED) is 0.573. The standard InChI is InChI=1S/C10H12O4S/c1-8-3-5-9(6-4-8)10(11)7-15(12,13)14-2/h3-6H,7H2,1-2H3. The predicted octanol–water partition coefficient (Wildman–Crippen LogP) is 1.15. The molecule has 5 heteroatoms. The number of hydrogen-bond donors (Lipinski definition) is 0. The van der Waals surface area contributed by atoms with Gasteiger partial charge in [-0.05, 0) is 6.92 Å². The second-order valence-corrected chi connectivity index (χ2v) is 4.90. The highest BCUT2D eigenvalue weighted by Gasteiger charge is 2.16. The largest absolute Gasteiger partial charge is 0.293 e. The lowest BCUT2D eigenvalue weighted by Gasteiger charge is -2.01. The van der Waals surface area contributed by atoms with E-state index in [1.807, 2.05) is 6.92 Å². The molecule has 0 spiro atoms. The number of carbonyl (C=O) groups is 1. The van der Waals surface area contributed by atoms with Crippen LogP contribution in [-0.4, -0.2) is 27.1 Å². The van der Waals surface area contributed by atoms with Gasteiger partial charge in [0.25, 0.3) is 10.1 Å². The molecule has 0 aliphatic heterocycles. The minimum absolute atomic E-state index is 0.376. The molecule has 0 heterocycles. The summed E-state index contributed by atoms with van der Waals surface area (Å²) >= 11 is 0. The zero-order chi connectivity index (χ0) is 11.5. The lowest BCUT2D eigenvalue weighted by Crippen LogP contribution is -2.17. The third-order valence-electron chi connectivity index (χ3n) is 1.94. The summed E-state index contributed by atoms with van der Waals surface area (Å²) in [5.41, 5.74) is 1.39. The maximum atomic E-state index is 11.5. The lowest BCUT2D eigenvalue weighted by atomic mass is 10.1. The van der Waals surface area contributed by atoms with Crippen LogP contribution in [0.2, 0.25) is 0 Å². The minimum atomic E-state index is -3.73. The summed E-state index contributed by atoms with van der Waals surface area (Å²) in [7, 11) is -2.69. The molecule has 0 aliphatic rings. The molecular weight excluding hydrogens is 216 g/mol. The Labute approximate surface area is 89.0 Å². The van der Waals surface area contributed by atoms with Crippen molar-refractivity contribution in [3.05, 3.63) is 35.4 Å². The Morgan fingerprint density at radius 1 is 1.27 bits per heavy atom. The van der Waals surface area contributed by atoms with Crippen molar-refractivity contribution < 1.29 is 17.4 Å². The van der Waals surface area contributed by atoms with E-state index in [4.69, 9.17) is 0 Å². The Morgan fingerprint density at radius 2 is 1.80 bits per heavy atom. The van der Waals surface area contributed by atoms with E-state index in [1.165, 1.54) is 0 Å². The van der Waals surface area contributed by atoms with Gasteiger partial charge in [-0.25, -0.2) is 0 Å². The average Bonchev–Trinajstić information content (AvgIpc) is 2.18. The van der Waals surface area contributed by atoms with E-state index in [0.717, 1.165) is 12.7 Å². The Balaban J connectivity index is 2.83. The molecule has 1 rings (SSSR count). The van der Waals surface area contributed by atoms with Crippen molar-refractivity contribution in [2.75, 3.05) is 12.9 Å². The van der Waals surface area contributed by atoms with E-state index in [1.54, 1.807) is 24.3 Å². The van der Waals surface area contributed by atoms with Gasteiger partial charge in [0.05, 0.1) is 7.11 Å². The van der Waals surface area contributed by atoms with Crippen molar-refractivity contribution >= 4 is 15.9 Å². The Kier molecular flexibility index (Phi) is 3.60. The summed E-state index contributed by atoms with van der Waals surface area (Å²) in [4.78, 5) is 11.5. The van der Waals surface area contributed by atoms with Gasteiger partial charge in [0.1, 0.15) is 5.75 Å². The molecule has 0 amide bonds. The summed E-state index contributed by atoms with van der Waals surface area (Å²) in [6, 6.07) is 6.71. The van der Waals surface area contributed by atoms with E-state index < -0.39 is 21.7 Å². The molecule has 0 unspecified atom stereocenters. The monoisotopic (exact) mass is 228 g/mol. The normalized spacial score (nSPS) is 11.3. The Hall–Kier alpha value is -1.20. The predicted molar refractivity (Wildman–Crippen MR) is 56.3 cm³/mol. The van der Waals surface area contributed by atoms with Crippen molar-refractivity contribution in [3.63, 3.8) is 0 Å². The molecule has 1 aromatic rings. The molecule has 0 N–H and O–H groups in total. The first-order chi connectivity index (χ1) is 6.94. The van der Waals surface area contributed by atoms with Crippen LogP contribution in [0.5, 0.6) is 0 Å². The number of Topliss-reactive ketones (excluding diaryl/α,β-unsaturated/α-hetero) is 1. The van der Waals surface area contributed by atoms with Gasteiger partial charge in [0.2, 0.25) is 0 Å². The number of rotatable bonds is 4. The van der Waals surface area contributed by atoms with Crippen LogP contribution in [0.1, 0.15) is 15.9 Å². The molecule has 15 heavy (non-hydrogen) atoms. The van der Waals surface area contributed by atoms with Crippen molar-refractivity contribution in [1.82, 2.24) is 0 Å². The number of carbonyl (C=O) groups excluding carboxylic acids is 1. The van der Waals surface area contributed by atoms with Gasteiger partial charge < -0.3 is 0 Å². The van der Waals surface area contributed by atoms with Crippen LogP contribution in [0, 0.1) is 6.92 Å². The smallest absolute Gasteiger partial charge is 0.274 e. The Morgan fingerprint density at radius 3 is 2.27 bits per heavy atom. The van der Waals surface area contributed by atoms with Gasteiger partial charge in [-0.2, -0.15) is 8.42 Å². The minimum Gasteiger partial charge on any atom is -0.293 e. The molecule has 1 aromatic carbocycles. The first-order valence-corrected chi connectivity index (χ1v) is 5.90. The van der Waals surface area contributed by atoms with Crippen molar-refractivity contribution in [2.24, 2.45) is 0 Å². The van der Waals surface area contributed by atoms with Crippen LogP contribution >= 0.6 is 0 Å². The van der Waals surface area contributed by atoms with Crippen molar-refractivity contribution in [2.45, 2.75) is 6.92 Å².